The Morgan fingerprint density at radius 1 is 1.19 bits per heavy atom. The zero-order valence-electron chi connectivity index (χ0n) is 11.7. The Labute approximate surface area is 122 Å². The molecule has 3 aromatic rings. The molecule has 104 valence electrons. The Kier molecular flexibility index (Phi) is 3.41. The summed E-state index contributed by atoms with van der Waals surface area (Å²) in [5, 5.41) is 8.93. The summed E-state index contributed by atoms with van der Waals surface area (Å²) in [5.41, 5.74) is 2.48. The van der Waals surface area contributed by atoms with Crippen LogP contribution in [0, 0.1) is 17.1 Å². The van der Waals surface area contributed by atoms with Gasteiger partial charge in [-0.25, -0.2) is 9.37 Å². The van der Waals surface area contributed by atoms with Crippen molar-refractivity contribution in [2.45, 2.75) is 19.9 Å². The number of imidazole rings is 1. The first-order valence-corrected chi connectivity index (χ1v) is 6.86. The molecule has 0 amide bonds. The minimum absolute atomic E-state index is 0.0787. The molecule has 0 aliphatic carbocycles. The number of benzene rings is 2. The molecule has 4 heteroatoms. The van der Waals surface area contributed by atoms with Gasteiger partial charge in [-0.05, 0) is 18.2 Å². The summed E-state index contributed by atoms with van der Waals surface area (Å²) < 4.78 is 16.3. The summed E-state index contributed by atoms with van der Waals surface area (Å²) >= 11 is 0. The number of hydrogen-bond acceptors (Lipinski definition) is 2. The lowest BCUT2D eigenvalue weighted by atomic mass is 10.1. The second-order valence-corrected chi connectivity index (χ2v) is 4.85. The van der Waals surface area contributed by atoms with Crippen LogP contribution in [0.2, 0.25) is 0 Å². The van der Waals surface area contributed by atoms with Gasteiger partial charge in [-0.1, -0.05) is 31.2 Å². The van der Waals surface area contributed by atoms with Gasteiger partial charge in [-0.2, -0.15) is 5.26 Å². The number of fused-ring (bicyclic) bond motifs is 1. The van der Waals surface area contributed by atoms with Crippen LogP contribution < -0.4 is 0 Å². The Hall–Kier alpha value is -2.67. The quantitative estimate of drug-likeness (QED) is 0.734. The number of halogens is 1. The SMILES string of the molecule is CCc1nc2ccccc2n1Cc1cccc(C#N)c1F. The Balaban J connectivity index is 2.12. The van der Waals surface area contributed by atoms with Crippen molar-refractivity contribution in [1.82, 2.24) is 9.55 Å². The van der Waals surface area contributed by atoms with Crippen molar-refractivity contribution in [2.75, 3.05) is 0 Å². The standard InChI is InChI=1S/C17H14FN3/c1-2-16-20-14-8-3-4-9-15(14)21(16)11-13-7-5-6-12(10-19)17(13)18/h3-9H,2,11H2,1H3. The topological polar surface area (TPSA) is 41.6 Å². The first-order chi connectivity index (χ1) is 10.2. The molecule has 0 N–H and O–H groups in total. The van der Waals surface area contributed by atoms with Gasteiger partial charge in [0.25, 0.3) is 0 Å². The van der Waals surface area contributed by atoms with Gasteiger partial charge in [-0.15, -0.1) is 0 Å². The predicted molar refractivity (Wildman–Crippen MR) is 79.3 cm³/mol. The highest BCUT2D eigenvalue weighted by atomic mass is 19.1. The van der Waals surface area contributed by atoms with E-state index in [9.17, 15) is 4.39 Å². The lowest BCUT2D eigenvalue weighted by molar-refractivity contribution is 0.594. The van der Waals surface area contributed by atoms with Crippen molar-refractivity contribution in [3.63, 3.8) is 0 Å². The van der Waals surface area contributed by atoms with E-state index >= 15 is 0 Å². The molecule has 0 fully saturated rings. The van der Waals surface area contributed by atoms with Crippen LogP contribution in [0.1, 0.15) is 23.9 Å². The van der Waals surface area contributed by atoms with E-state index in [-0.39, 0.29) is 5.56 Å². The van der Waals surface area contributed by atoms with Crippen LogP contribution in [0.3, 0.4) is 0 Å². The molecule has 0 saturated carbocycles. The van der Waals surface area contributed by atoms with Crippen LogP contribution in [0.25, 0.3) is 11.0 Å². The number of aromatic nitrogens is 2. The number of aryl methyl sites for hydroxylation is 1. The van der Waals surface area contributed by atoms with Crippen molar-refractivity contribution in [2.24, 2.45) is 0 Å². The molecule has 0 aliphatic rings. The Bertz CT molecular complexity index is 843. The van der Waals surface area contributed by atoms with E-state index in [0.717, 1.165) is 23.3 Å². The van der Waals surface area contributed by atoms with E-state index < -0.39 is 5.82 Å². The number of rotatable bonds is 3. The van der Waals surface area contributed by atoms with Crippen LogP contribution >= 0.6 is 0 Å². The third-order valence-electron chi connectivity index (χ3n) is 3.58. The number of nitriles is 1. The monoisotopic (exact) mass is 279 g/mol. The summed E-state index contributed by atoms with van der Waals surface area (Å²) in [4.78, 5) is 4.58. The average Bonchev–Trinajstić information content (AvgIpc) is 2.87. The van der Waals surface area contributed by atoms with E-state index in [1.807, 2.05) is 41.8 Å². The van der Waals surface area contributed by atoms with E-state index in [0.29, 0.717) is 12.1 Å². The highest BCUT2D eigenvalue weighted by molar-refractivity contribution is 5.76. The van der Waals surface area contributed by atoms with Crippen LogP contribution in [0.4, 0.5) is 4.39 Å². The molecular formula is C17H14FN3. The molecule has 0 aliphatic heterocycles. The van der Waals surface area contributed by atoms with E-state index in [1.165, 1.54) is 6.07 Å². The predicted octanol–water partition coefficient (Wildman–Crippen LogP) is 3.66. The lowest BCUT2D eigenvalue weighted by Crippen LogP contribution is -2.06. The maximum atomic E-state index is 14.2. The van der Waals surface area contributed by atoms with Gasteiger partial charge in [0.1, 0.15) is 17.7 Å². The van der Waals surface area contributed by atoms with E-state index in [4.69, 9.17) is 5.26 Å². The Morgan fingerprint density at radius 2 is 2.00 bits per heavy atom. The molecule has 0 unspecified atom stereocenters. The molecule has 0 saturated heterocycles. The highest BCUT2D eigenvalue weighted by Crippen LogP contribution is 2.20. The molecule has 3 nitrogen and oxygen atoms in total. The van der Waals surface area contributed by atoms with Crippen molar-refractivity contribution >= 4 is 11.0 Å². The van der Waals surface area contributed by atoms with Crippen molar-refractivity contribution in [3.05, 3.63) is 65.2 Å². The molecule has 21 heavy (non-hydrogen) atoms. The minimum atomic E-state index is -0.445. The van der Waals surface area contributed by atoms with Crippen LogP contribution in [-0.2, 0) is 13.0 Å². The fourth-order valence-corrected chi connectivity index (χ4v) is 2.53. The normalized spacial score (nSPS) is 10.7. The first-order valence-electron chi connectivity index (χ1n) is 6.86. The number of para-hydroxylation sites is 2. The van der Waals surface area contributed by atoms with Crippen molar-refractivity contribution in [3.8, 4) is 6.07 Å². The van der Waals surface area contributed by atoms with Crippen LogP contribution in [0.15, 0.2) is 42.5 Å². The summed E-state index contributed by atoms with van der Waals surface area (Å²) in [6.45, 7) is 2.41. The zero-order valence-corrected chi connectivity index (χ0v) is 11.7. The number of nitrogens with zero attached hydrogens (tertiary/aromatic N) is 3. The fourth-order valence-electron chi connectivity index (χ4n) is 2.53. The maximum absolute atomic E-state index is 14.2. The summed E-state index contributed by atoms with van der Waals surface area (Å²) in [6.07, 6.45) is 0.772. The maximum Gasteiger partial charge on any atom is 0.145 e. The summed E-state index contributed by atoms with van der Waals surface area (Å²) in [6, 6.07) is 14.6. The van der Waals surface area contributed by atoms with E-state index in [1.54, 1.807) is 12.1 Å². The first kappa shape index (κ1) is 13.3. The van der Waals surface area contributed by atoms with Gasteiger partial charge < -0.3 is 4.57 Å². The summed E-state index contributed by atoms with van der Waals surface area (Å²) in [5.74, 6) is 0.470. The minimum Gasteiger partial charge on any atom is -0.323 e. The molecule has 0 bridgehead atoms. The molecule has 0 spiro atoms. The molecule has 1 aromatic heterocycles. The number of hydrogen-bond donors (Lipinski definition) is 0. The molecule has 2 aromatic carbocycles. The van der Waals surface area contributed by atoms with Gasteiger partial charge in [-0.3, -0.25) is 0 Å². The zero-order chi connectivity index (χ0) is 14.8. The smallest absolute Gasteiger partial charge is 0.145 e. The fraction of sp³-hybridized carbons (Fsp3) is 0.176. The van der Waals surface area contributed by atoms with Gasteiger partial charge in [0.2, 0.25) is 0 Å². The van der Waals surface area contributed by atoms with Gasteiger partial charge >= 0.3 is 0 Å². The van der Waals surface area contributed by atoms with Gasteiger partial charge in [0.15, 0.2) is 0 Å². The molecule has 3 rings (SSSR count). The highest BCUT2D eigenvalue weighted by Gasteiger charge is 2.13. The Morgan fingerprint density at radius 3 is 2.76 bits per heavy atom. The summed E-state index contributed by atoms with van der Waals surface area (Å²) in [7, 11) is 0. The second-order valence-electron chi connectivity index (χ2n) is 4.85. The van der Waals surface area contributed by atoms with Gasteiger partial charge in [0.05, 0.1) is 23.1 Å². The van der Waals surface area contributed by atoms with Crippen molar-refractivity contribution in [1.29, 1.82) is 5.26 Å². The van der Waals surface area contributed by atoms with Crippen molar-refractivity contribution < 1.29 is 4.39 Å². The van der Waals surface area contributed by atoms with Gasteiger partial charge in [0, 0.05) is 12.0 Å². The molecule has 0 atom stereocenters. The average molecular weight is 279 g/mol. The second kappa shape index (κ2) is 5.37. The third kappa shape index (κ3) is 2.27. The van der Waals surface area contributed by atoms with E-state index in [2.05, 4.69) is 4.98 Å². The largest absolute Gasteiger partial charge is 0.323 e. The van der Waals surface area contributed by atoms with Crippen LogP contribution in [-0.4, -0.2) is 9.55 Å². The van der Waals surface area contributed by atoms with Crippen LogP contribution in [0.5, 0.6) is 0 Å². The molecule has 1 heterocycles. The molecular weight excluding hydrogens is 265 g/mol. The lowest BCUT2D eigenvalue weighted by Gasteiger charge is -2.09. The molecule has 0 radical (unpaired) electrons. The third-order valence-corrected chi connectivity index (χ3v) is 3.58.